The van der Waals surface area contributed by atoms with Gasteiger partial charge in [-0.2, -0.15) is 0 Å². The largest absolute Gasteiger partial charge is 0.341 e. The molecule has 3 unspecified atom stereocenters. The van der Waals surface area contributed by atoms with Crippen molar-refractivity contribution in [1.82, 2.24) is 9.80 Å². The number of carbonyl (C=O) groups excluding carboxylic acids is 1. The van der Waals surface area contributed by atoms with Crippen LogP contribution >= 0.6 is 0 Å². The second-order valence-electron chi connectivity index (χ2n) is 6.17. The lowest BCUT2D eigenvalue weighted by molar-refractivity contribution is -0.132. The summed E-state index contributed by atoms with van der Waals surface area (Å²) in [4.78, 5) is 16.9. The zero-order valence-electron chi connectivity index (χ0n) is 12.5. The molecule has 110 valence electrons. The van der Waals surface area contributed by atoms with Gasteiger partial charge in [0.05, 0.1) is 0 Å². The molecule has 4 heteroatoms. The number of nitrogens with zero attached hydrogens (tertiary/aromatic N) is 2. The van der Waals surface area contributed by atoms with Crippen LogP contribution in [0.5, 0.6) is 0 Å². The molecule has 2 fully saturated rings. The highest BCUT2D eigenvalue weighted by molar-refractivity contribution is 5.81. The molecule has 2 aliphatic rings. The minimum absolute atomic E-state index is 0.331. The maximum Gasteiger partial charge on any atom is 0.226 e. The maximum atomic E-state index is 12.3. The quantitative estimate of drug-likeness (QED) is 0.817. The first-order valence-electron chi connectivity index (χ1n) is 7.90. The van der Waals surface area contributed by atoms with Crippen LogP contribution < -0.4 is 5.73 Å². The van der Waals surface area contributed by atoms with Crippen LogP contribution in [0.15, 0.2) is 0 Å². The predicted octanol–water partition coefficient (Wildman–Crippen LogP) is 1.30. The summed E-state index contributed by atoms with van der Waals surface area (Å²) in [5.41, 5.74) is 5.70. The summed E-state index contributed by atoms with van der Waals surface area (Å²) in [5.74, 6) is 1.35. The van der Waals surface area contributed by atoms with Crippen LogP contribution in [0, 0.1) is 11.8 Å². The van der Waals surface area contributed by atoms with Gasteiger partial charge in [-0.15, -0.1) is 0 Å². The molecule has 0 aromatic heterocycles. The third-order valence-electron chi connectivity index (χ3n) is 4.76. The topological polar surface area (TPSA) is 49.6 Å². The van der Waals surface area contributed by atoms with E-state index in [-0.39, 0.29) is 0 Å². The predicted molar refractivity (Wildman–Crippen MR) is 77.8 cm³/mol. The molecule has 1 heterocycles. The Morgan fingerprint density at radius 1 is 1.32 bits per heavy atom. The Bertz CT molecular complexity index is 308. The van der Waals surface area contributed by atoms with Crippen LogP contribution in [0.3, 0.4) is 0 Å². The highest BCUT2D eigenvalue weighted by Crippen LogP contribution is 2.39. The molecule has 0 spiro atoms. The molecule has 4 nitrogen and oxygen atoms in total. The van der Waals surface area contributed by atoms with E-state index >= 15 is 0 Å². The normalized spacial score (nSPS) is 29.9. The van der Waals surface area contributed by atoms with E-state index in [0.29, 0.717) is 23.8 Å². The molecular formula is C15H29N3O. The maximum absolute atomic E-state index is 12.3. The third kappa shape index (κ3) is 3.69. The highest BCUT2D eigenvalue weighted by atomic mass is 16.2. The van der Waals surface area contributed by atoms with Crippen molar-refractivity contribution in [3.8, 4) is 0 Å². The number of carbonyl (C=O) groups is 1. The van der Waals surface area contributed by atoms with Crippen molar-refractivity contribution in [3.63, 3.8) is 0 Å². The molecule has 1 amide bonds. The third-order valence-corrected chi connectivity index (χ3v) is 4.76. The fourth-order valence-electron chi connectivity index (χ4n) is 3.26. The van der Waals surface area contributed by atoms with E-state index in [1.54, 1.807) is 0 Å². The average Bonchev–Trinajstić information content (AvgIpc) is 3.17. The monoisotopic (exact) mass is 267 g/mol. The van der Waals surface area contributed by atoms with Crippen LogP contribution in [-0.4, -0.2) is 54.5 Å². The van der Waals surface area contributed by atoms with Gasteiger partial charge in [0, 0.05) is 38.1 Å². The van der Waals surface area contributed by atoms with Gasteiger partial charge in [-0.05, 0) is 38.1 Å². The number of hydrogen-bond acceptors (Lipinski definition) is 3. The molecule has 1 saturated heterocycles. The summed E-state index contributed by atoms with van der Waals surface area (Å²) < 4.78 is 0. The Kier molecular flexibility index (Phi) is 5.22. The molecule has 1 aliphatic heterocycles. The first-order chi connectivity index (χ1) is 9.17. The van der Waals surface area contributed by atoms with Crippen LogP contribution in [0.25, 0.3) is 0 Å². The SMILES string of the molecule is CCC(CCN)N1CCCN(C(=O)C2CC2C)CC1. The second-order valence-corrected chi connectivity index (χ2v) is 6.17. The van der Waals surface area contributed by atoms with E-state index in [1.165, 1.54) is 0 Å². The number of hydrogen-bond donors (Lipinski definition) is 1. The molecule has 1 saturated carbocycles. The summed E-state index contributed by atoms with van der Waals surface area (Å²) in [6.07, 6.45) is 4.44. The molecule has 0 aromatic carbocycles. The molecule has 19 heavy (non-hydrogen) atoms. The van der Waals surface area contributed by atoms with Gasteiger partial charge in [-0.3, -0.25) is 9.69 Å². The first kappa shape index (κ1) is 14.8. The Morgan fingerprint density at radius 3 is 2.63 bits per heavy atom. The van der Waals surface area contributed by atoms with E-state index in [2.05, 4.69) is 23.6 Å². The number of nitrogens with two attached hydrogens (primary N) is 1. The van der Waals surface area contributed by atoms with Crippen molar-refractivity contribution in [2.24, 2.45) is 17.6 Å². The fraction of sp³-hybridized carbons (Fsp3) is 0.933. The van der Waals surface area contributed by atoms with Gasteiger partial charge in [-0.25, -0.2) is 0 Å². The molecule has 1 aliphatic carbocycles. The summed E-state index contributed by atoms with van der Waals surface area (Å²) in [6, 6.07) is 0.597. The van der Waals surface area contributed by atoms with Gasteiger partial charge in [0.2, 0.25) is 5.91 Å². The van der Waals surface area contributed by atoms with E-state index in [1.807, 2.05) is 0 Å². The molecular weight excluding hydrogens is 238 g/mol. The first-order valence-corrected chi connectivity index (χ1v) is 7.90. The minimum Gasteiger partial charge on any atom is -0.341 e. The highest BCUT2D eigenvalue weighted by Gasteiger charge is 2.41. The summed E-state index contributed by atoms with van der Waals surface area (Å²) in [6.45, 7) is 9.16. The molecule has 3 atom stereocenters. The van der Waals surface area contributed by atoms with Crippen LogP contribution in [0.4, 0.5) is 0 Å². The summed E-state index contributed by atoms with van der Waals surface area (Å²) in [7, 11) is 0. The summed E-state index contributed by atoms with van der Waals surface area (Å²) in [5, 5.41) is 0. The van der Waals surface area contributed by atoms with Gasteiger partial charge in [-0.1, -0.05) is 13.8 Å². The number of rotatable bonds is 5. The summed E-state index contributed by atoms with van der Waals surface area (Å²) >= 11 is 0. The number of amides is 1. The fourth-order valence-corrected chi connectivity index (χ4v) is 3.26. The Balaban J connectivity index is 1.85. The van der Waals surface area contributed by atoms with Crippen LogP contribution in [0.2, 0.25) is 0 Å². The van der Waals surface area contributed by atoms with Crippen molar-refractivity contribution >= 4 is 5.91 Å². The van der Waals surface area contributed by atoms with Crippen molar-refractivity contribution < 1.29 is 4.79 Å². The van der Waals surface area contributed by atoms with Gasteiger partial charge in [0.15, 0.2) is 0 Å². The van der Waals surface area contributed by atoms with Gasteiger partial charge in [0.25, 0.3) is 0 Å². The lowest BCUT2D eigenvalue weighted by Gasteiger charge is -2.29. The van der Waals surface area contributed by atoms with Crippen molar-refractivity contribution in [3.05, 3.63) is 0 Å². The Labute approximate surface area is 117 Å². The Hall–Kier alpha value is -0.610. The van der Waals surface area contributed by atoms with Crippen molar-refractivity contribution in [1.29, 1.82) is 0 Å². The minimum atomic E-state index is 0.331. The molecule has 0 aromatic rings. The van der Waals surface area contributed by atoms with Gasteiger partial charge in [0.1, 0.15) is 0 Å². The van der Waals surface area contributed by atoms with E-state index < -0.39 is 0 Å². The zero-order chi connectivity index (χ0) is 13.8. The van der Waals surface area contributed by atoms with Crippen LogP contribution in [-0.2, 0) is 4.79 Å². The average molecular weight is 267 g/mol. The standard InChI is InChI=1S/C15H29N3O/c1-3-13(5-6-16)17-7-4-8-18(10-9-17)15(19)14-11-12(14)2/h12-14H,3-11,16H2,1-2H3. The molecule has 0 radical (unpaired) electrons. The Morgan fingerprint density at radius 2 is 2.05 bits per heavy atom. The lowest BCUT2D eigenvalue weighted by atomic mass is 10.1. The molecule has 2 N–H and O–H groups in total. The second kappa shape index (κ2) is 6.71. The zero-order valence-corrected chi connectivity index (χ0v) is 12.5. The van der Waals surface area contributed by atoms with Gasteiger partial charge < -0.3 is 10.6 Å². The van der Waals surface area contributed by atoms with E-state index in [0.717, 1.165) is 58.4 Å². The molecule has 0 bridgehead atoms. The van der Waals surface area contributed by atoms with E-state index in [9.17, 15) is 4.79 Å². The van der Waals surface area contributed by atoms with Crippen molar-refractivity contribution in [2.75, 3.05) is 32.7 Å². The van der Waals surface area contributed by atoms with Gasteiger partial charge >= 0.3 is 0 Å². The molecule has 2 rings (SSSR count). The van der Waals surface area contributed by atoms with Crippen molar-refractivity contribution in [2.45, 2.75) is 45.6 Å². The lowest BCUT2D eigenvalue weighted by Crippen LogP contribution is -2.40. The van der Waals surface area contributed by atoms with Crippen LogP contribution in [0.1, 0.15) is 39.5 Å². The van der Waals surface area contributed by atoms with E-state index in [4.69, 9.17) is 5.73 Å². The smallest absolute Gasteiger partial charge is 0.226 e.